The molecule has 0 aliphatic heterocycles. The Labute approximate surface area is 204 Å². The number of H-pyrrole nitrogens is 1. The number of hydrogen-bond donors (Lipinski definition) is 1. The van der Waals surface area contributed by atoms with Crippen LogP contribution >= 0.6 is 0 Å². The van der Waals surface area contributed by atoms with Crippen molar-refractivity contribution < 1.29 is 0 Å². The van der Waals surface area contributed by atoms with Crippen molar-refractivity contribution >= 4 is 22.9 Å². The molecule has 35 heavy (non-hydrogen) atoms. The van der Waals surface area contributed by atoms with Crippen molar-refractivity contribution in [3.8, 4) is 33.4 Å². The normalized spacial score (nSPS) is 11.3. The fourth-order valence-corrected chi connectivity index (χ4v) is 4.46. The van der Waals surface area contributed by atoms with Crippen molar-refractivity contribution in [2.75, 3.05) is 0 Å². The zero-order chi connectivity index (χ0) is 23.5. The lowest BCUT2D eigenvalue weighted by atomic mass is 9.98. The zero-order valence-electron chi connectivity index (χ0n) is 19.1. The number of hydrogen-bond acceptors (Lipinski definition) is 2. The lowest BCUT2D eigenvalue weighted by Crippen LogP contribution is -1.85. The second kappa shape index (κ2) is 9.24. The number of para-hydroxylation sites is 1. The van der Waals surface area contributed by atoms with E-state index in [1.165, 1.54) is 0 Å². The van der Waals surface area contributed by atoms with Crippen LogP contribution in [0, 0.1) is 0 Å². The van der Waals surface area contributed by atoms with Crippen LogP contribution in [-0.2, 0) is 0 Å². The van der Waals surface area contributed by atoms with Crippen LogP contribution in [0.5, 0.6) is 0 Å². The Kier molecular flexibility index (Phi) is 5.50. The Balaban J connectivity index is 1.48. The molecule has 0 radical (unpaired) electrons. The van der Waals surface area contributed by atoms with Gasteiger partial charge in [0.1, 0.15) is 5.82 Å². The van der Waals surface area contributed by atoms with Crippen LogP contribution in [-0.4, -0.2) is 16.2 Å². The van der Waals surface area contributed by atoms with Gasteiger partial charge in [-0.3, -0.25) is 4.99 Å². The van der Waals surface area contributed by atoms with Gasteiger partial charge < -0.3 is 4.98 Å². The quantitative estimate of drug-likeness (QED) is 0.264. The standard InChI is InChI=1S/C32H23N3/c1-4-12-23(13-5-1)26-18-10-11-19-29(26)33-22-30-34-31-27(24-14-6-2-7-15-24)20-21-28(32(31)35-30)25-16-8-3-9-17-25/h1-22H,(H,34,35). The topological polar surface area (TPSA) is 41.0 Å². The third-order valence-corrected chi connectivity index (χ3v) is 6.15. The van der Waals surface area contributed by atoms with Gasteiger partial charge in [0.15, 0.2) is 0 Å². The molecule has 0 aliphatic rings. The molecule has 3 nitrogen and oxygen atoms in total. The van der Waals surface area contributed by atoms with Gasteiger partial charge in [-0.1, -0.05) is 121 Å². The summed E-state index contributed by atoms with van der Waals surface area (Å²) in [6.07, 6.45) is 1.82. The maximum absolute atomic E-state index is 4.99. The zero-order valence-corrected chi connectivity index (χ0v) is 19.1. The lowest BCUT2D eigenvalue weighted by molar-refractivity contribution is 1.30. The molecule has 1 aromatic heterocycles. The van der Waals surface area contributed by atoms with Crippen LogP contribution in [0.4, 0.5) is 5.69 Å². The van der Waals surface area contributed by atoms with Crippen molar-refractivity contribution in [3.05, 3.63) is 133 Å². The van der Waals surface area contributed by atoms with E-state index in [-0.39, 0.29) is 0 Å². The third-order valence-electron chi connectivity index (χ3n) is 6.15. The molecule has 0 unspecified atom stereocenters. The first kappa shape index (κ1) is 20.8. The smallest absolute Gasteiger partial charge is 0.149 e. The molecule has 0 bridgehead atoms. The molecule has 3 heteroatoms. The summed E-state index contributed by atoms with van der Waals surface area (Å²) in [5, 5.41) is 0. The Hall–Kier alpha value is -4.76. The second-order valence-electron chi connectivity index (χ2n) is 8.38. The average Bonchev–Trinajstić information content (AvgIpc) is 3.37. The molecule has 0 aliphatic carbocycles. The number of nitrogens with one attached hydrogen (secondary N) is 1. The fraction of sp³-hybridized carbons (Fsp3) is 0. The number of benzene rings is 5. The van der Waals surface area contributed by atoms with Gasteiger partial charge in [0.2, 0.25) is 0 Å². The molecule has 5 aromatic carbocycles. The van der Waals surface area contributed by atoms with E-state index in [2.05, 4.69) is 83.8 Å². The molecule has 0 atom stereocenters. The molecular formula is C32H23N3. The van der Waals surface area contributed by atoms with Crippen LogP contribution in [0.25, 0.3) is 44.4 Å². The highest BCUT2D eigenvalue weighted by atomic mass is 14.9. The highest BCUT2D eigenvalue weighted by Gasteiger charge is 2.14. The van der Waals surface area contributed by atoms with Crippen LogP contribution < -0.4 is 0 Å². The summed E-state index contributed by atoms with van der Waals surface area (Å²) in [5.41, 5.74) is 9.60. The minimum atomic E-state index is 0.725. The van der Waals surface area contributed by atoms with E-state index in [9.17, 15) is 0 Å². The van der Waals surface area contributed by atoms with Crippen LogP contribution in [0.3, 0.4) is 0 Å². The number of aromatic nitrogens is 2. The Bertz CT molecular complexity index is 1540. The first-order valence-electron chi connectivity index (χ1n) is 11.7. The highest BCUT2D eigenvalue weighted by Crippen LogP contribution is 2.34. The van der Waals surface area contributed by atoms with E-state index >= 15 is 0 Å². The molecule has 0 fully saturated rings. The van der Waals surface area contributed by atoms with Gasteiger partial charge in [-0.15, -0.1) is 0 Å². The summed E-state index contributed by atoms with van der Waals surface area (Å²) in [4.78, 5) is 13.4. The predicted octanol–water partition coefficient (Wildman–Crippen LogP) is 8.31. The summed E-state index contributed by atoms with van der Waals surface area (Å²) >= 11 is 0. The van der Waals surface area contributed by atoms with Gasteiger partial charge in [-0.2, -0.15) is 0 Å². The summed E-state index contributed by atoms with van der Waals surface area (Å²) in [6, 6.07) is 43.6. The number of aliphatic imine (C=N–C) groups is 1. The Morgan fingerprint density at radius 1 is 0.514 bits per heavy atom. The molecule has 0 saturated heterocycles. The van der Waals surface area contributed by atoms with Crippen LogP contribution in [0.15, 0.2) is 132 Å². The minimum Gasteiger partial charge on any atom is -0.337 e. The maximum Gasteiger partial charge on any atom is 0.149 e. The van der Waals surface area contributed by atoms with E-state index in [0.717, 1.165) is 55.9 Å². The van der Waals surface area contributed by atoms with Crippen molar-refractivity contribution in [3.63, 3.8) is 0 Å². The summed E-state index contributed by atoms with van der Waals surface area (Å²) in [5.74, 6) is 0.725. The van der Waals surface area contributed by atoms with Crippen LogP contribution in [0.2, 0.25) is 0 Å². The fourth-order valence-electron chi connectivity index (χ4n) is 4.46. The molecule has 6 rings (SSSR count). The molecule has 1 N–H and O–H groups in total. The molecule has 6 aromatic rings. The van der Waals surface area contributed by atoms with Crippen molar-refractivity contribution in [2.45, 2.75) is 0 Å². The van der Waals surface area contributed by atoms with Gasteiger partial charge in [0.05, 0.1) is 22.9 Å². The third kappa shape index (κ3) is 4.16. The van der Waals surface area contributed by atoms with E-state index in [4.69, 9.17) is 9.98 Å². The molecule has 0 spiro atoms. The van der Waals surface area contributed by atoms with E-state index in [1.807, 2.05) is 54.7 Å². The molecule has 1 heterocycles. The van der Waals surface area contributed by atoms with Crippen molar-refractivity contribution in [1.29, 1.82) is 0 Å². The number of rotatable bonds is 5. The van der Waals surface area contributed by atoms with Crippen molar-refractivity contribution in [2.24, 2.45) is 4.99 Å². The number of fused-ring (bicyclic) bond motifs is 1. The van der Waals surface area contributed by atoms with Gasteiger partial charge >= 0.3 is 0 Å². The summed E-state index contributed by atoms with van der Waals surface area (Å²) in [7, 11) is 0. The van der Waals surface area contributed by atoms with E-state index < -0.39 is 0 Å². The van der Waals surface area contributed by atoms with Gasteiger partial charge in [-0.25, -0.2) is 4.98 Å². The second-order valence-corrected chi connectivity index (χ2v) is 8.38. The summed E-state index contributed by atoms with van der Waals surface area (Å²) in [6.45, 7) is 0. The van der Waals surface area contributed by atoms with Gasteiger partial charge in [0.25, 0.3) is 0 Å². The monoisotopic (exact) mass is 449 g/mol. The Morgan fingerprint density at radius 3 is 1.69 bits per heavy atom. The highest BCUT2D eigenvalue weighted by molar-refractivity contribution is 6.02. The van der Waals surface area contributed by atoms with Crippen LogP contribution in [0.1, 0.15) is 5.82 Å². The summed E-state index contributed by atoms with van der Waals surface area (Å²) < 4.78 is 0. The molecule has 166 valence electrons. The largest absolute Gasteiger partial charge is 0.337 e. The molecule has 0 amide bonds. The Morgan fingerprint density at radius 2 is 1.03 bits per heavy atom. The number of imidazole rings is 1. The SMILES string of the molecule is C(=Nc1ccccc1-c1ccccc1)c1nc2c(-c3ccccc3)ccc(-c3ccccc3)c2[nH]1. The number of nitrogens with zero attached hydrogens (tertiary/aromatic N) is 2. The lowest BCUT2D eigenvalue weighted by Gasteiger charge is -2.07. The van der Waals surface area contributed by atoms with Gasteiger partial charge in [0, 0.05) is 16.7 Å². The first-order chi connectivity index (χ1) is 17.4. The average molecular weight is 450 g/mol. The maximum atomic E-state index is 4.99. The molecule has 0 saturated carbocycles. The first-order valence-corrected chi connectivity index (χ1v) is 11.7. The van der Waals surface area contributed by atoms with E-state index in [1.54, 1.807) is 0 Å². The predicted molar refractivity (Wildman–Crippen MR) is 146 cm³/mol. The molecular weight excluding hydrogens is 426 g/mol. The number of aromatic amines is 1. The minimum absolute atomic E-state index is 0.725. The van der Waals surface area contributed by atoms with Crippen molar-refractivity contribution in [1.82, 2.24) is 9.97 Å². The van der Waals surface area contributed by atoms with E-state index in [0.29, 0.717) is 0 Å². The van der Waals surface area contributed by atoms with Gasteiger partial charge in [-0.05, 0) is 22.8 Å².